The quantitative estimate of drug-likeness (QED) is 0.721. The molecule has 0 heterocycles. The van der Waals surface area contributed by atoms with Crippen LogP contribution >= 0.6 is 0 Å². The molecule has 1 atom stereocenters. The lowest BCUT2D eigenvalue weighted by molar-refractivity contribution is 0.457. The van der Waals surface area contributed by atoms with Crippen molar-refractivity contribution in [2.24, 2.45) is 5.73 Å². The van der Waals surface area contributed by atoms with Crippen molar-refractivity contribution in [3.63, 3.8) is 0 Å². The number of aryl methyl sites for hydroxylation is 1. The Labute approximate surface area is 85.1 Å². The highest BCUT2D eigenvalue weighted by Crippen LogP contribution is 2.29. The van der Waals surface area contributed by atoms with Gasteiger partial charge in [-0.3, -0.25) is 0 Å². The molecule has 3 N–H and O–H groups in total. The van der Waals surface area contributed by atoms with Crippen molar-refractivity contribution in [1.82, 2.24) is 0 Å². The molecule has 0 saturated heterocycles. The van der Waals surface area contributed by atoms with Gasteiger partial charge in [0.15, 0.2) is 0 Å². The van der Waals surface area contributed by atoms with Gasteiger partial charge >= 0.3 is 0 Å². The minimum Gasteiger partial charge on any atom is -0.507 e. The zero-order valence-electron chi connectivity index (χ0n) is 8.75. The maximum Gasteiger partial charge on any atom is 0.123 e. The van der Waals surface area contributed by atoms with Crippen LogP contribution in [0, 0.1) is 13.8 Å². The van der Waals surface area contributed by atoms with E-state index in [9.17, 15) is 5.11 Å². The lowest BCUT2D eigenvalue weighted by Gasteiger charge is -2.14. The number of phenolic OH excluding ortho intramolecular Hbond substituents is 1. The number of hydrogen-bond donors (Lipinski definition) is 2. The largest absolute Gasteiger partial charge is 0.507 e. The molecule has 0 unspecified atom stereocenters. The molecular formula is C12H17NO. The van der Waals surface area contributed by atoms with Crippen molar-refractivity contribution < 1.29 is 5.11 Å². The van der Waals surface area contributed by atoms with Gasteiger partial charge in [0.1, 0.15) is 5.75 Å². The fraction of sp³-hybridized carbons (Fsp3) is 0.333. The fourth-order valence-electron chi connectivity index (χ4n) is 1.43. The van der Waals surface area contributed by atoms with Crippen LogP contribution in [0.2, 0.25) is 0 Å². The Kier molecular flexibility index (Phi) is 3.31. The highest BCUT2D eigenvalue weighted by atomic mass is 16.3. The third-order valence-corrected chi connectivity index (χ3v) is 2.55. The summed E-state index contributed by atoms with van der Waals surface area (Å²) >= 11 is 0. The summed E-state index contributed by atoms with van der Waals surface area (Å²) in [6.45, 7) is 7.50. The number of phenols is 1. The van der Waals surface area contributed by atoms with E-state index in [1.54, 1.807) is 6.08 Å². The van der Waals surface area contributed by atoms with Crippen molar-refractivity contribution in [3.8, 4) is 5.75 Å². The molecule has 1 rings (SSSR count). The summed E-state index contributed by atoms with van der Waals surface area (Å²) in [5.41, 5.74) is 8.68. The Balaban J connectivity index is 3.10. The van der Waals surface area contributed by atoms with Crippen molar-refractivity contribution in [2.45, 2.75) is 26.3 Å². The highest BCUT2D eigenvalue weighted by molar-refractivity contribution is 5.45. The van der Waals surface area contributed by atoms with Crippen LogP contribution in [0.4, 0.5) is 0 Å². The van der Waals surface area contributed by atoms with Gasteiger partial charge < -0.3 is 10.8 Å². The van der Waals surface area contributed by atoms with E-state index < -0.39 is 0 Å². The first kappa shape index (κ1) is 10.8. The van der Waals surface area contributed by atoms with Gasteiger partial charge in [-0.25, -0.2) is 0 Å². The molecule has 0 amide bonds. The van der Waals surface area contributed by atoms with Gasteiger partial charge in [-0.1, -0.05) is 18.2 Å². The third-order valence-electron chi connectivity index (χ3n) is 2.55. The normalized spacial score (nSPS) is 12.5. The Morgan fingerprint density at radius 3 is 2.71 bits per heavy atom. The lowest BCUT2D eigenvalue weighted by atomic mass is 9.98. The van der Waals surface area contributed by atoms with E-state index in [2.05, 4.69) is 6.58 Å². The molecule has 0 fully saturated rings. The summed E-state index contributed by atoms with van der Waals surface area (Å²) in [7, 11) is 0. The molecule has 0 aliphatic heterocycles. The molecule has 0 saturated carbocycles. The maximum atomic E-state index is 9.86. The van der Waals surface area contributed by atoms with E-state index >= 15 is 0 Å². The average molecular weight is 191 g/mol. The monoisotopic (exact) mass is 191 g/mol. The summed E-state index contributed by atoms with van der Waals surface area (Å²) in [5, 5.41) is 9.86. The summed E-state index contributed by atoms with van der Waals surface area (Å²) in [6.07, 6.45) is 2.44. The van der Waals surface area contributed by atoms with Crippen LogP contribution in [0.15, 0.2) is 24.8 Å². The van der Waals surface area contributed by atoms with Crippen molar-refractivity contribution in [1.29, 1.82) is 0 Å². The first-order chi connectivity index (χ1) is 6.57. The first-order valence-electron chi connectivity index (χ1n) is 4.73. The zero-order chi connectivity index (χ0) is 10.7. The summed E-state index contributed by atoms with van der Waals surface area (Å²) in [5.74, 6) is 0.319. The van der Waals surface area contributed by atoms with Crippen molar-refractivity contribution in [2.75, 3.05) is 0 Å². The smallest absolute Gasteiger partial charge is 0.123 e. The topological polar surface area (TPSA) is 46.2 Å². The zero-order valence-corrected chi connectivity index (χ0v) is 8.75. The summed E-state index contributed by atoms with van der Waals surface area (Å²) in [4.78, 5) is 0. The van der Waals surface area contributed by atoms with Crippen LogP contribution in [-0.2, 0) is 0 Å². The molecule has 0 bridgehead atoms. The van der Waals surface area contributed by atoms with Gasteiger partial charge in [-0.05, 0) is 31.4 Å². The lowest BCUT2D eigenvalue weighted by Crippen LogP contribution is -2.09. The third kappa shape index (κ3) is 1.96. The molecule has 2 nitrogen and oxygen atoms in total. The standard InChI is InChI=1S/C12H17NO/c1-4-5-11(13)10-7-6-8(2)9(3)12(10)14/h4,6-7,11,14H,1,5,13H2,2-3H3/t11-/m1/s1. The molecule has 0 radical (unpaired) electrons. The van der Waals surface area contributed by atoms with Crippen molar-refractivity contribution in [3.05, 3.63) is 41.5 Å². The summed E-state index contributed by atoms with van der Waals surface area (Å²) < 4.78 is 0. The van der Waals surface area contributed by atoms with Gasteiger partial charge in [-0.2, -0.15) is 0 Å². The predicted octanol–water partition coefficient (Wildman–Crippen LogP) is 2.58. The van der Waals surface area contributed by atoms with Gasteiger partial charge in [0, 0.05) is 11.6 Å². The molecule has 76 valence electrons. The molecule has 1 aromatic rings. The Morgan fingerprint density at radius 2 is 2.14 bits per heavy atom. The molecule has 0 spiro atoms. The number of nitrogens with two attached hydrogens (primary N) is 1. The van der Waals surface area contributed by atoms with Crippen LogP contribution < -0.4 is 5.73 Å². The van der Waals surface area contributed by atoms with Crippen molar-refractivity contribution >= 4 is 0 Å². The summed E-state index contributed by atoms with van der Waals surface area (Å²) in [6, 6.07) is 3.70. The molecule has 0 aliphatic carbocycles. The van der Waals surface area contributed by atoms with Gasteiger partial charge in [0.05, 0.1) is 0 Å². The molecule has 14 heavy (non-hydrogen) atoms. The minimum absolute atomic E-state index is 0.160. The van der Waals surface area contributed by atoms with E-state index in [4.69, 9.17) is 5.73 Å². The van der Waals surface area contributed by atoms with E-state index in [-0.39, 0.29) is 6.04 Å². The van der Waals surface area contributed by atoms with Crippen LogP contribution in [-0.4, -0.2) is 5.11 Å². The molecule has 1 aromatic carbocycles. The van der Waals surface area contributed by atoms with E-state index in [1.165, 1.54) is 0 Å². The first-order valence-corrected chi connectivity index (χ1v) is 4.73. The van der Waals surface area contributed by atoms with E-state index in [0.29, 0.717) is 12.2 Å². The van der Waals surface area contributed by atoms with E-state index in [1.807, 2.05) is 26.0 Å². The van der Waals surface area contributed by atoms with Gasteiger partial charge in [0.2, 0.25) is 0 Å². The molecular weight excluding hydrogens is 174 g/mol. The van der Waals surface area contributed by atoms with E-state index in [0.717, 1.165) is 16.7 Å². The molecule has 0 aromatic heterocycles. The fourth-order valence-corrected chi connectivity index (χ4v) is 1.43. The minimum atomic E-state index is -0.160. The average Bonchev–Trinajstić information content (AvgIpc) is 2.15. The van der Waals surface area contributed by atoms with Crippen LogP contribution in [0.25, 0.3) is 0 Å². The second-order valence-electron chi connectivity index (χ2n) is 3.58. The molecule has 0 aliphatic rings. The Bertz CT molecular complexity index is 344. The van der Waals surface area contributed by atoms with Crippen LogP contribution in [0.5, 0.6) is 5.75 Å². The Hall–Kier alpha value is -1.28. The number of aromatic hydroxyl groups is 1. The number of benzene rings is 1. The number of hydrogen-bond acceptors (Lipinski definition) is 2. The second-order valence-corrected chi connectivity index (χ2v) is 3.58. The SMILES string of the molecule is C=CC[C@@H](N)c1ccc(C)c(C)c1O. The molecule has 2 heteroatoms. The van der Waals surface area contributed by atoms with Gasteiger partial charge in [0.25, 0.3) is 0 Å². The predicted molar refractivity (Wildman–Crippen MR) is 59.3 cm³/mol. The maximum absolute atomic E-state index is 9.86. The van der Waals surface area contributed by atoms with Crippen LogP contribution in [0.3, 0.4) is 0 Å². The van der Waals surface area contributed by atoms with Gasteiger partial charge in [-0.15, -0.1) is 6.58 Å². The number of rotatable bonds is 3. The highest BCUT2D eigenvalue weighted by Gasteiger charge is 2.11. The Morgan fingerprint density at radius 1 is 1.50 bits per heavy atom. The second kappa shape index (κ2) is 4.29. The van der Waals surface area contributed by atoms with Crippen LogP contribution in [0.1, 0.15) is 29.2 Å².